The molecule has 14 aromatic rings. The fourth-order valence-electron chi connectivity index (χ4n) is 13.1. The lowest BCUT2D eigenvalue weighted by Gasteiger charge is -2.28. The van der Waals surface area contributed by atoms with E-state index in [0.29, 0.717) is 0 Å². The summed E-state index contributed by atoms with van der Waals surface area (Å²) in [5, 5.41) is 9.71. The number of hydrogen-bond donors (Lipinski definition) is 0. The summed E-state index contributed by atoms with van der Waals surface area (Å²) in [4.78, 5) is 2.42. The zero-order valence-corrected chi connectivity index (χ0v) is 43.7. The predicted molar refractivity (Wildman–Crippen MR) is 335 cm³/mol. The summed E-state index contributed by atoms with van der Waals surface area (Å²) in [6, 6.07) is 103. The lowest BCUT2D eigenvalue weighted by molar-refractivity contribution is 0.749. The number of fused-ring (bicyclic) bond motifs is 9. The average Bonchev–Trinajstić information content (AvgIpc) is 4.21. The largest absolute Gasteiger partial charge is 0.310 e. The summed E-state index contributed by atoms with van der Waals surface area (Å²) >= 11 is 0. The van der Waals surface area contributed by atoms with Gasteiger partial charge in [-0.05, 0) is 179 Å². The molecule has 13 aromatic carbocycles. The van der Waals surface area contributed by atoms with E-state index < -0.39 is 0 Å². The second-order valence-corrected chi connectivity index (χ2v) is 21.1. The highest BCUT2D eigenvalue weighted by molar-refractivity contribution is 6.24. The topological polar surface area (TPSA) is 8.17 Å². The van der Waals surface area contributed by atoms with Crippen molar-refractivity contribution >= 4 is 71.2 Å². The summed E-state index contributed by atoms with van der Waals surface area (Å²) in [6.07, 6.45) is 2.14. The Balaban J connectivity index is 0.877. The maximum Gasteiger partial charge on any atom is 0.0541 e. The number of nitrogens with zero attached hydrogens (tertiary/aromatic N) is 2. The molecule has 0 saturated carbocycles. The Bertz CT molecular complexity index is 4620. The maximum absolute atomic E-state index is 4.05. The first kappa shape index (κ1) is 46.1. The number of hydrogen-bond acceptors (Lipinski definition) is 1. The van der Waals surface area contributed by atoms with Crippen molar-refractivity contribution in [1.29, 1.82) is 0 Å². The van der Waals surface area contributed by atoms with Crippen LogP contribution in [0.5, 0.6) is 0 Å². The fourth-order valence-corrected chi connectivity index (χ4v) is 13.1. The molecule has 1 aromatic heterocycles. The molecule has 0 saturated heterocycles. The van der Waals surface area contributed by atoms with Crippen LogP contribution < -0.4 is 4.90 Å². The van der Waals surface area contributed by atoms with Crippen molar-refractivity contribution in [3.8, 4) is 61.3 Å². The molecule has 0 spiro atoms. The van der Waals surface area contributed by atoms with E-state index in [9.17, 15) is 0 Å². The zero-order chi connectivity index (χ0) is 52.6. The summed E-state index contributed by atoms with van der Waals surface area (Å²) in [7, 11) is 0. The van der Waals surface area contributed by atoms with E-state index in [-0.39, 0.29) is 5.41 Å². The van der Waals surface area contributed by atoms with Crippen molar-refractivity contribution in [2.75, 3.05) is 4.90 Å². The summed E-state index contributed by atoms with van der Waals surface area (Å²) < 4.78 is 2.43. The second-order valence-electron chi connectivity index (χ2n) is 21.1. The van der Waals surface area contributed by atoms with Gasteiger partial charge in [0.2, 0.25) is 0 Å². The molecule has 2 nitrogen and oxygen atoms in total. The normalized spacial score (nSPS) is 13.7. The van der Waals surface area contributed by atoms with E-state index >= 15 is 0 Å². The Hall–Kier alpha value is -10.2. The highest BCUT2D eigenvalue weighted by atomic mass is 15.1. The van der Waals surface area contributed by atoms with Crippen molar-refractivity contribution in [3.05, 3.63) is 309 Å². The third-order valence-electron chi connectivity index (χ3n) is 16.7. The number of para-hydroxylation sites is 1. The van der Waals surface area contributed by atoms with Gasteiger partial charge in [-0.2, -0.15) is 0 Å². The van der Waals surface area contributed by atoms with Crippen molar-refractivity contribution < 1.29 is 0 Å². The second kappa shape index (κ2) is 18.5. The van der Waals surface area contributed by atoms with E-state index in [1.165, 1.54) is 121 Å². The third kappa shape index (κ3) is 7.34. The lowest BCUT2D eigenvalue weighted by Crippen LogP contribution is -2.16. The summed E-state index contributed by atoms with van der Waals surface area (Å²) in [5.41, 5.74) is 24.3. The summed E-state index contributed by atoms with van der Waals surface area (Å²) in [5.74, 6) is 0. The Morgan fingerprint density at radius 1 is 0.354 bits per heavy atom. The third-order valence-corrected chi connectivity index (χ3v) is 16.7. The van der Waals surface area contributed by atoms with Crippen LogP contribution in [-0.2, 0) is 5.41 Å². The van der Waals surface area contributed by atoms with Gasteiger partial charge in [0.05, 0.1) is 16.7 Å². The monoisotopic (exact) mass is 1000 g/mol. The van der Waals surface area contributed by atoms with Gasteiger partial charge in [0.15, 0.2) is 0 Å². The minimum absolute atomic E-state index is 0.348. The number of aromatic nitrogens is 1. The van der Waals surface area contributed by atoms with E-state index in [1.54, 1.807) is 0 Å². The van der Waals surface area contributed by atoms with E-state index in [4.69, 9.17) is 0 Å². The van der Waals surface area contributed by atoms with Crippen molar-refractivity contribution in [3.63, 3.8) is 0 Å². The minimum Gasteiger partial charge on any atom is -0.310 e. The van der Waals surface area contributed by atoms with Crippen molar-refractivity contribution in [2.45, 2.75) is 12.3 Å². The molecular formula is C77H52N2. The molecule has 0 bridgehead atoms. The van der Waals surface area contributed by atoms with Gasteiger partial charge in [-0.3, -0.25) is 0 Å². The van der Waals surface area contributed by atoms with Gasteiger partial charge in [-0.25, -0.2) is 0 Å². The molecule has 1 aliphatic carbocycles. The van der Waals surface area contributed by atoms with Crippen LogP contribution in [0.25, 0.3) is 115 Å². The molecular weight excluding hydrogens is 953 g/mol. The van der Waals surface area contributed by atoms with Crippen molar-refractivity contribution in [1.82, 2.24) is 4.57 Å². The van der Waals surface area contributed by atoms with Crippen LogP contribution in [0, 0.1) is 0 Å². The number of allylic oxidation sites excluding steroid dienone is 1. The van der Waals surface area contributed by atoms with Gasteiger partial charge in [0.1, 0.15) is 0 Å². The minimum atomic E-state index is -0.348. The molecule has 79 heavy (non-hydrogen) atoms. The van der Waals surface area contributed by atoms with Crippen LogP contribution in [0.1, 0.15) is 18.1 Å². The molecule has 0 fully saturated rings. The summed E-state index contributed by atoms with van der Waals surface area (Å²) in [6.45, 7) is 6.35. The first-order valence-electron chi connectivity index (χ1n) is 27.3. The smallest absolute Gasteiger partial charge is 0.0541 e. The lowest BCUT2D eigenvalue weighted by atomic mass is 9.78. The quantitative estimate of drug-likeness (QED) is 0.103. The Morgan fingerprint density at radius 2 is 0.823 bits per heavy atom. The number of rotatable bonds is 9. The highest BCUT2D eigenvalue weighted by Gasteiger charge is 2.38. The maximum atomic E-state index is 4.05. The predicted octanol–water partition coefficient (Wildman–Crippen LogP) is 21.0. The number of anilines is 3. The standard InChI is InChI=1S/C77H52N2/c1-3-47-77(2)70-34-20-19-28-60(70)61-42-35-55(50-71(61)77)75-63-30-15-17-32-65(63)76(66-33-18-16-31-64(66)75)67-43-46-72(62-29-14-13-27-59(62)67)78(56-25-11-6-12-26-56)57-38-40-58(41-39-57)79-73-44-36-53(51-21-7-4-8-22-51)48-68(73)69-49-54(37-45-74(69)79)52-23-9-5-10-24-52/h4-50H,1H2,2H3. The van der Waals surface area contributed by atoms with E-state index in [2.05, 4.69) is 314 Å². The van der Waals surface area contributed by atoms with Gasteiger partial charge in [0.25, 0.3) is 0 Å². The molecule has 0 amide bonds. The van der Waals surface area contributed by atoms with Crippen LogP contribution in [-0.4, -0.2) is 4.57 Å². The van der Waals surface area contributed by atoms with Gasteiger partial charge in [-0.15, -0.1) is 5.73 Å². The molecule has 1 heterocycles. The van der Waals surface area contributed by atoms with Crippen LogP contribution in [0.4, 0.5) is 17.1 Å². The number of benzene rings is 13. The van der Waals surface area contributed by atoms with Crippen molar-refractivity contribution in [2.24, 2.45) is 0 Å². The molecule has 1 unspecified atom stereocenters. The Labute approximate surface area is 460 Å². The van der Waals surface area contributed by atoms with Crippen LogP contribution in [0.3, 0.4) is 0 Å². The molecule has 1 atom stereocenters. The zero-order valence-electron chi connectivity index (χ0n) is 43.7. The molecule has 2 heteroatoms. The fraction of sp³-hybridized carbons (Fsp3) is 0.0260. The van der Waals surface area contributed by atoms with Gasteiger partial charge >= 0.3 is 0 Å². The van der Waals surface area contributed by atoms with Crippen LogP contribution in [0.15, 0.2) is 297 Å². The average molecular weight is 1010 g/mol. The molecule has 0 radical (unpaired) electrons. The van der Waals surface area contributed by atoms with E-state index in [0.717, 1.165) is 22.7 Å². The Morgan fingerprint density at radius 3 is 1.42 bits per heavy atom. The molecule has 0 N–H and O–H groups in total. The SMILES string of the molecule is C=C=CC1(C)c2ccccc2-c2ccc(-c3c4ccccc4c(-c4ccc(N(c5ccccc5)c5ccc(-n6c7ccc(-c8ccccc8)cc7c7cc(-c8ccccc8)ccc76)cc5)c5ccccc45)c4ccccc34)cc21. The molecule has 0 aliphatic heterocycles. The van der Waals surface area contributed by atoms with E-state index in [1.807, 2.05) is 0 Å². The molecule has 1 aliphatic rings. The van der Waals surface area contributed by atoms with Gasteiger partial charge in [-0.1, -0.05) is 213 Å². The first-order valence-corrected chi connectivity index (χ1v) is 27.3. The Kier molecular flexibility index (Phi) is 10.8. The molecule has 370 valence electrons. The first-order chi connectivity index (χ1) is 39.0. The van der Waals surface area contributed by atoms with Gasteiger partial charge < -0.3 is 9.47 Å². The highest BCUT2D eigenvalue weighted by Crippen LogP contribution is 2.53. The van der Waals surface area contributed by atoms with Crippen LogP contribution in [0.2, 0.25) is 0 Å². The van der Waals surface area contributed by atoms with Gasteiger partial charge in [0, 0.05) is 38.6 Å². The van der Waals surface area contributed by atoms with Crippen LogP contribution >= 0.6 is 0 Å². The molecule has 15 rings (SSSR count).